The van der Waals surface area contributed by atoms with Gasteiger partial charge in [0.25, 0.3) is 0 Å². The second-order valence-electron chi connectivity index (χ2n) is 4.82. The van der Waals surface area contributed by atoms with Crippen LogP contribution in [0.1, 0.15) is 18.4 Å². The Bertz CT molecular complexity index is 493. The maximum Gasteiger partial charge on any atom is 0.124 e. The molecule has 5 heteroatoms. The molecule has 1 saturated heterocycles. The molecule has 1 aromatic carbocycles. The molecular weight excluding hydrogens is 283 g/mol. The maximum absolute atomic E-state index is 13.0. The molecule has 0 saturated carbocycles. The van der Waals surface area contributed by atoms with Gasteiger partial charge in [-0.1, -0.05) is 17.7 Å². The van der Waals surface area contributed by atoms with Gasteiger partial charge in [0, 0.05) is 24.7 Å². The number of piperidine rings is 1. The van der Waals surface area contributed by atoms with Gasteiger partial charge in [-0.3, -0.25) is 4.90 Å². The van der Waals surface area contributed by atoms with Crippen molar-refractivity contribution in [2.24, 2.45) is 0 Å². The number of hydrogen-bond donors (Lipinski definition) is 0. The molecule has 0 unspecified atom stereocenters. The van der Waals surface area contributed by atoms with Crippen LogP contribution in [0.25, 0.3) is 0 Å². The van der Waals surface area contributed by atoms with Crippen molar-refractivity contribution in [3.8, 4) is 6.07 Å². The summed E-state index contributed by atoms with van der Waals surface area (Å²) in [4.78, 5) is 2.27. The van der Waals surface area contributed by atoms with Crippen LogP contribution in [0.3, 0.4) is 0 Å². The minimum absolute atomic E-state index is 0.233. The predicted octanol–water partition coefficient (Wildman–Crippen LogP) is 3.70. The van der Waals surface area contributed by atoms with Gasteiger partial charge in [0.1, 0.15) is 10.6 Å². The zero-order valence-electron chi connectivity index (χ0n) is 10.8. The predicted molar refractivity (Wildman–Crippen MR) is 77.8 cm³/mol. The molecule has 1 aliphatic heterocycles. The van der Waals surface area contributed by atoms with E-state index < -0.39 is 0 Å². The Morgan fingerprint density at radius 1 is 1.47 bits per heavy atom. The standard InChI is InChI=1S/C14H16ClFN2S/c1-19-14(10-17)4-6-18(7-5-14)9-11-2-3-12(16)8-13(11)15/h2-3,8H,4-7,9H2,1H3. The van der Waals surface area contributed by atoms with Crippen LogP contribution in [0.4, 0.5) is 4.39 Å². The Hall–Kier alpha value is -0.760. The molecule has 19 heavy (non-hydrogen) atoms. The fraction of sp³-hybridized carbons (Fsp3) is 0.500. The molecule has 0 atom stereocenters. The highest BCUT2D eigenvalue weighted by Crippen LogP contribution is 2.34. The van der Waals surface area contributed by atoms with Gasteiger partial charge in [0.2, 0.25) is 0 Å². The summed E-state index contributed by atoms with van der Waals surface area (Å²) in [6.45, 7) is 2.47. The molecule has 0 spiro atoms. The van der Waals surface area contributed by atoms with Gasteiger partial charge < -0.3 is 0 Å². The third-order valence-corrected chi connectivity index (χ3v) is 5.30. The van der Waals surface area contributed by atoms with Crippen LogP contribution < -0.4 is 0 Å². The van der Waals surface area contributed by atoms with Crippen molar-refractivity contribution in [1.82, 2.24) is 4.90 Å². The first kappa shape index (κ1) is 14.6. The molecule has 2 nitrogen and oxygen atoms in total. The van der Waals surface area contributed by atoms with Crippen molar-refractivity contribution in [3.05, 3.63) is 34.6 Å². The first-order valence-electron chi connectivity index (χ1n) is 6.21. The Balaban J connectivity index is 1.98. The highest BCUT2D eigenvalue weighted by Gasteiger charge is 2.33. The molecule has 0 aliphatic carbocycles. The molecule has 0 bridgehead atoms. The molecule has 1 aliphatic rings. The molecule has 1 heterocycles. The average Bonchev–Trinajstić information content (AvgIpc) is 2.43. The Labute approximate surface area is 122 Å². The number of hydrogen-bond acceptors (Lipinski definition) is 3. The van der Waals surface area contributed by atoms with Gasteiger partial charge >= 0.3 is 0 Å². The van der Waals surface area contributed by atoms with Crippen molar-refractivity contribution < 1.29 is 4.39 Å². The number of thioether (sulfide) groups is 1. The summed E-state index contributed by atoms with van der Waals surface area (Å²) >= 11 is 7.68. The SMILES string of the molecule is CSC1(C#N)CCN(Cc2ccc(F)cc2Cl)CC1. The molecule has 0 aromatic heterocycles. The minimum Gasteiger partial charge on any atom is -0.299 e. The molecular formula is C14H16ClFN2S. The van der Waals surface area contributed by atoms with Crippen molar-refractivity contribution >= 4 is 23.4 Å². The number of rotatable bonds is 3. The van der Waals surface area contributed by atoms with Crippen LogP contribution in [-0.2, 0) is 6.54 Å². The van der Waals surface area contributed by atoms with E-state index >= 15 is 0 Å². The smallest absolute Gasteiger partial charge is 0.124 e. The van der Waals surface area contributed by atoms with Crippen molar-refractivity contribution in [3.63, 3.8) is 0 Å². The van der Waals surface area contributed by atoms with Gasteiger partial charge in [0.05, 0.1) is 6.07 Å². The van der Waals surface area contributed by atoms with E-state index in [1.807, 2.05) is 6.26 Å². The lowest BCUT2D eigenvalue weighted by Crippen LogP contribution is -2.41. The van der Waals surface area contributed by atoms with Crippen LogP contribution in [0.15, 0.2) is 18.2 Å². The van der Waals surface area contributed by atoms with Crippen molar-refractivity contribution in [2.75, 3.05) is 19.3 Å². The molecule has 0 N–H and O–H groups in total. The maximum atomic E-state index is 13.0. The van der Waals surface area contributed by atoms with E-state index in [1.165, 1.54) is 12.1 Å². The molecule has 0 amide bonds. The summed E-state index contributed by atoms with van der Waals surface area (Å²) in [7, 11) is 0. The fourth-order valence-corrected chi connectivity index (χ4v) is 3.23. The lowest BCUT2D eigenvalue weighted by Gasteiger charge is -2.36. The number of nitriles is 1. The highest BCUT2D eigenvalue weighted by molar-refractivity contribution is 8.00. The lowest BCUT2D eigenvalue weighted by molar-refractivity contribution is 0.209. The normalized spacial score (nSPS) is 19.1. The Morgan fingerprint density at radius 2 is 2.16 bits per heavy atom. The fourth-order valence-electron chi connectivity index (χ4n) is 2.32. The Morgan fingerprint density at radius 3 is 2.68 bits per heavy atom. The lowest BCUT2D eigenvalue weighted by atomic mass is 9.97. The van der Waals surface area contributed by atoms with Gasteiger partial charge in [-0.15, -0.1) is 11.8 Å². The summed E-state index contributed by atoms with van der Waals surface area (Å²) in [6, 6.07) is 6.95. The largest absolute Gasteiger partial charge is 0.299 e. The van der Waals surface area contributed by atoms with Crippen LogP contribution in [0.5, 0.6) is 0 Å². The van der Waals surface area contributed by atoms with E-state index in [0.29, 0.717) is 5.02 Å². The number of likely N-dealkylation sites (tertiary alicyclic amines) is 1. The Kier molecular flexibility index (Phi) is 4.72. The van der Waals surface area contributed by atoms with Gasteiger partial charge in [-0.2, -0.15) is 5.26 Å². The number of nitrogens with zero attached hydrogens (tertiary/aromatic N) is 2. The zero-order chi connectivity index (χ0) is 13.9. The van der Waals surface area contributed by atoms with E-state index in [4.69, 9.17) is 11.6 Å². The van der Waals surface area contributed by atoms with E-state index in [9.17, 15) is 9.65 Å². The molecule has 102 valence electrons. The minimum atomic E-state index is -0.307. The second-order valence-corrected chi connectivity index (χ2v) is 6.42. The van der Waals surface area contributed by atoms with E-state index in [1.54, 1.807) is 17.8 Å². The third kappa shape index (κ3) is 3.42. The summed E-state index contributed by atoms with van der Waals surface area (Å²) in [5.41, 5.74) is 0.941. The number of halogens is 2. The van der Waals surface area contributed by atoms with Crippen molar-refractivity contribution in [2.45, 2.75) is 24.1 Å². The second kappa shape index (κ2) is 6.13. The average molecular weight is 299 g/mol. The monoisotopic (exact) mass is 298 g/mol. The van der Waals surface area contributed by atoms with Crippen molar-refractivity contribution in [1.29, 1.82) is 5.26 Å². The first-order chi connectivity index (χ1) is 9.08. The van der Waals surface area contributed by atoms with Crippen LogP contribution in [0.2, 0.25) is 5.02 Å². The number of benzene rings is 1. The molecule has 1 fully saturated rings. The topological polar surface area (TPSA) is 27.0 Å². The van der Waals surface area contributed by atoms with E-state index in [0.717, 1.165) is 38.0 Å². The summed E-state index contributed by atoms with van der Waals surface area (Å²) in [5.74, 6) is -0.307. The van der Waals surface area contributed by atoms with E-state index in [2.05, 4.69) is 11.0 Å². The summed E-state index contributed by atoms with van der Waals surface area (Å²) < 4.78 is 12.7. The zero-order valence-corrected chi connectivity index (χ0v) is 12.4. The van der Waals surface area contributed by atoms with Crippen LogP contribution in [-0.4, -0.2) is 29.0 Å². The van der Waals surface area contributed by atoms with Gasteiger partial charge in [-0.25, -0.2) is 4.39 Å². The first-order valence-corrected chi connectivity index (χ1v) is 7.81. The summed E-state index contributed by atoms with van der Waals surface area (Å²) in [6.07, 6.45) is 3.72. The quantitative estimate of drug-likeness (QED) is 0.851. The van der Waals surface area contributed by atoms with Crippen LogP contribution >= 0.6 is 23.4 Å². The highest BCUT2D eigenvalue weighted by atomic mass is 35.5. The third-order valence-electron chi connectivity index (χ3n) is 3.67. The van der Waals surface area contributed by atoms with Gasteiger partial charge in [0.15, 0.2) is 0 Å². The van der Waals surface area contributed by atoms with Crippen LogP contribution in [0, 0.1) is 17.1 Å². The molecule has 0 radical (unpaired) electrons. The molecule has 1 aromatic rings. The molecule has 2 rings (SSSR count). The van der Waals surface area contributed by atoms with Gasteiger partial charge in [-0.05, 0) is 36.8 Å². The van der Waals surface area contributed by atoms with E-state index in [-0.39, 0.29) is 10.6 Å². The summed E-state index contributed by atoms with van der Waals surface area (Å²) in [5, 5.41) is 9.71.